The number of carbonyl (C=O) groups is 2. The van der Waals surface area contributed by atoms with Crippen LogP contribution in [0.3, 0.4) is 0 Å². The first kappa shape index (κ1) is 25.7. The molecule has 0 aliphatic carbocycles. The number of nitrogens with one attached hydrogen (secondary N) is 3. The number of hydrogen-bond donors (Lipinski definition) is 4. The number of aryl methyl sites for hydroxylation is 1. The molecule has 1 amide bonds. The number of rotatable bonds is 10. The summed E-state index contributed by atoms with van der Waals surface area (Å²) in [7, 11) is 0. The highest BCUT2D eigenvalue weighted by Crippen LogP contribution is 2.39. The topological polar surface area (TPSA) is 90.5 Å². The molecule has 4 rings (SSSR count). The van der Waals surface area contributed by atoms with Gasteiger partial charge in [-0.05, 0) is 67.3 Å². The Morgan fingerprint density at radius 3 is 2.44 bits per heavy atom. The molecule has 0 spiro atoms. The number of halogens is 1. The van der Waals surface area contributed by atoms with Gasteiger partial charge in [0.05, 0.1) is 17.0 Å². The first-order valence-corrected chi connectivity index (χ1v) is 12.9. The van der Waals surface area contributed by atoms with Gasteiger partial charge in [0.1, 0.15) is 0 Å². The molecular weight excluding hydrogens is 518 g/mol. The largest absolute Gasteiger partial charge is 0.481 e. The number of benzene rings is 3. The van der Waals surface area contributed by atoms with E-state index in [1.807, 2.05) is 54.6 Å². The normalized spacial score (nSPS) is 14.7. The first-order chi connectivity index (χ1) is 17.4. The van der Waals surface area contributed by atoms with Gasteiger partial charge in [-0.25, -0.2) is 0 Å². The zero-order valence-electron chi connectivity index (χ0n) is 20.4. The standard InChI is InChI=1S/C29H30BrN3O3/c1-3-16-31-18(2)20-9-12-23(13-10-20)32-28(21-7-4-19(5-8-21)6-15-26(34)35)27-24-14-11-22(30)17-25(24)33-29(27)36/h4-5,7-14,17-18,31-32H,3,6,15-16H2,1-2H3,(H,33,36)(H,34,35). The second kappa shape index (κ2) is 11.5. The molecule has 4 N–H and O–H groups in total. The van der Waals surface area contributed by atoms with Gasteiger partial charge >= 0.3 is 5.97 Å². The van der Waals surface area contributed by atoms with E-state index in [0.29, 0.717) is 17.7 Å². The van der Waals surface area contributed by atoms with Crippen LogP contribution in [-0.2, 0) is 16.0 Å². The molecule has 7 heteroatoms. The van der Waals surface area contributed by atoms with Crippen LogP contribution < -0.4 is 16.0 Å². The highest BCUT2D eigenvalue weighted by molar-refractivity contribution is 9.10. The molecule has 6 nitrogen and oxygen atoms in total. The smallest absolute Gasteiger partial charge is 0.303 e. The Hall–Kier alpha value is -3.42. The van der Waals surface area contributed by atoms with E-state index in [4.69, 9.17) is 5.11 Å². The summed E-state index contributed by atoms with van der Waals surface area (Å²) in [6.45, 7) is 5.26. The molecule has 1 aliphatic rings. The molecule has 1 unspecified atom stereocenters. The highest BCUT2D eigenvalue weighted by atomic mass is 79.9. The molecule has 36 heavy (non-hydrogen) atoms. The number of carboxylic acid groups (broad SMARTS) is 1. The van der Waals surface area contributed by atoms with E-state index in [9.17, 15) is 9.59 Å². The summed E-state index contributed by atoms with van der Waals surface area (Å²) < 4.78 is 0.890. The summed E-state index contributed by atoms with van der Waals surface area (Å²) in [6.07, 6.45) is 1.61. The Labute approximate surface area is 219 Å². The zero-order chi connectivity index (χ0) is 25.7. The van der Waals surface area contributed by atoms with Gasteiger partial charge < -0.3 is 21.1 Å². The van der Waals surface area contributed by atoms with Crippen molar-refractivity contribution in [3.8, 4) is 0 Å². The predicted octanol–water partition coefficient (Wildman–Crippen LogP) is 6.46. The lowest BCUT2D eigenvalue weighted by atomic mass is 9.98. The summed E-state index contributed by atoms with van der Waals surface area (Å²) in [5.74, 6) is -0.994. The third-order valence-corrected chi connectivity index (χ3v) is 6.72. The van der Waals surface area contributed by atoms with Crippen LogP contribution >= 0.6 is 15.9 Å². The van der Waals surface area contributed by atoms with Crippen molar-refractivity contribution in [2.24, 2.45) is 0 Å². The van der Waals surface area contributed by atoms with Crippen LogP contribution in [0, 0.1) is 0 Å². The van der Waals surface area contributed by atoms with Gasteiger partial charge in [0.25, 0.3) is 5.91 Å². The number of carbonyl (C=O) groups excluding carboxylic acids is 1. The SMILES string of the molecule is CCCNC(C)c1ccc(NC(=C2C(=O)Nc3cc(Br)ccc32)c2ccc(CCC(=O)O)cc2)cc1. The lowest BCUT2D eigenvalue weighted by Crippen LogP contribution is -2.19. The molecule has 3 aromatic rings. The Bertz CT molecular complexity index is 1280. The Kier molecular flexibility index (Phi) is 8.23. The van der Waals surface area contributed by atoms with Crippen LogP contribution in [-0.4, -0.2) is 23.5 Å². The summed E-state index contributed by atoms with van der Waals surface area (Å²) in [5, 5.41) is 19.0. The maximum absolute atomic E-state index is 13.1. The highest BCUT2D eigenvalue weighted by Gasteiger charge is 2.28. The molecule has 0 saturated heterocycles. The lowest BCUT2D eigenvalue weighted by molar-refractivity contribution is -0.137. The number of carboxylic acids is 1. The number of hydrogen-bond acceptors (Lipinski definition) is 4. The molecule has 0 radical (unpaired) electrons. The maximum atomic E-state index is 13.1. The number of anilines is 2. The van der Waals surface area contributed by atoms with E-state index in [-0.39, 0.29) is 18.4 Å². The van der Waals surface area contributed by atoms with E-state index in [0.717, 1.165) is 45.5 Å². The molecule has 1 heterocycles. The van der Waals surface area contributed by atoms with E-state index in [2.05, 4.69) is 57.9 Å². The van der Waals surface area contributed by atoms with Crippen LogP contribution in [0.2, 0.25) is 0 Å². The van der Waals surface area contributed by atoms with Crippen molar-refractivity contribution in [2.45, 2.75) is 39.2 Å². The minimum Gasteiger partial charge on any atom is -0.481 e. The second-order valence-electron chi connectivity index (χ2n) is 8.91. The van der Waals surface area contributed by atoms with Gasteiger partial charge in [-0.15, -0.1) is 0 Å². The van der Waals surface area contributed by atoms with Crippen LogP contribution in [0.25, 0.3) is 11.3 Å². The van der Waals surface area contributed by atoms with E-state index in [1.165, 1.54) is 5.56 Å². The Balaban J connectivity index is 1.70. The van der Waals surface area contributed by atoms with Crippen molar-refractivity contribution in [3.63, 3.8) is 0 Å². The molecular formula is C29H30BrN3O3. The molecule has 1 atom stereocenters. The lowest BCUT2D eigenvalue weighted by Gasteiger charge is -2.17. The first-order valence-electron chi connectivity index (χ1n) is 12.1. The molecule has 0 bridgehead atoms. The molecule has 0 fully saturated rings. The minimum absolute atomic E-state index is 0.0775. The molecule has 0 aromatic heterocycles. The molecule has 1 aliphatic heterocycles. The Morgan fingerprint density at radius 2 is 1.78 bits per heavy atom. The van der Waals surface area contributed by atoms with Gasteiger partial charge in [-0.1, -0.05) is 65.3 Å². The number of aliphatic carboxylic acids is 1. The van der Waals surface area contributed by atoms with Crippen molar-refractivity contribution < 1.29 is 14.7 Å². The number of fused-ring (bicyclic) bond motifs is 1. The third kappa shape index (κ3) is 6.04. The quantitative estimate of drug-likeness (QED) is 0.219. The van der Waals surface area contributed by atoms with Gasteiger partial charge in [0, 0.05) is 28.2 Å². The van der Waals surface area contributed by atoms with Gasteiger partial charge in [-0.3, -0.25) is 9.59 Å². The van der Waals surface area contributed by atoms with Crippen molar-refractivity contribution >= 4 is 50.5 Å². The second-order valence-corrected chi connectivity index (χ2v) is 9.82. The van der Waals surface area contributed by atoms with Crippen LogP contribution in [0.4, 0.5) is 11.4 Å². The molecule has 0 saturated carbocycles. The average molecular weight is 548 g/mol. The van der Waals surface area contributed by atoms with Crippen LogP contribution in [0.1, 0.15) is 55.0 Å². The summed E-state index contributed by atoms with van der Waals surface area (Å²) in [5.41, 5.74) is 6.70. The summed E-state index contributed by atoms with van der Waals surface area (Å²) in [4.78, 5) is 24.1. The van der Waals surface area contributed by atoms with E-state index < -0.39 is 5.97 Å². The monoisotopic (exact) mass is 547 g/mol. The van der Waals surface area contributed by atoms with Gasteiger partial charge in [0.15, 0.2) is 0 Å². The fourth-order valence-electron chi connectivity index (χ4n) is 4.24. The van der Waals surface area contributed by atoms with Crippen molar-refractivity contribution in [1.82, 2.24) is 5.32 Å². The van der Waals surface area contributed by atoms with Gasteiger partial charge in [0.2, 0.25) is 0 Å². The Morgan fingerprint density at radius 1 is 1.06 bits per heavy atom. The van der Waals surface area contributed by atoms with Crippen molar-refractivity contribution in [3.05, 3.63) is 93.5 Å². The maximum Gasteiger partial charge on any atom is 0.303 e. The van der Waals surface area contributed by atoms with Crippen LogP contribution in [0.5, 0.6) is 0 Å². The summed E-state index contributed by atoms with van der Waals surface area (Å²) in [6, 6.07) is 21.9. The van der Waals surface area contributed by atoms with Crippen LogP contribution in [0.15, 0.2) is 71.2 Å². The predicted molar refractivity (Wildman–Crippen MR) is 149 cm³/mol. The van der Waals surface area contributed by atoms with E-state index in [1.54, 1.807) is 0 Å². The third-order valence-electron chi connectivity index (χ3n) is 6.23. The van der Waals surface area contributed by atoms with Gasteiger partial charge in [-0.2, -0.15) is 0 Å². The molecule has 186 valence electrons. The average Bonchev–Trinajstić information content (AvgIpc) is 3.19. The summed E-state index contributed by atoms with van der Waals surface area (Å²) >= 11 is 3.48. The van der Waals surface area contributed by atoms with E-state index >= 15 is 0 Å². The molecule has 3 aromatic carbocycles. The number of amides is 1. The van der Waals surface area contributed by atoms with Crippen molar-refractivity contribution in [2.75, 3.05) is 17.2 Å². The fourth-order valence-corrected chi connectivity index (χ4v) is 4.60. The van der Waals surface area contributed by atoms with Crippen molar-refractivity contribution in [1.29, 1.82) is 0 Å². The minimum atomic E-state index is -0.823. The zero-order valence-corrected chi connectivity index (χ0v) is 22.0. The fraction of sp³-hybridized carbons (Fsp3) is 0.241.